The first kappa shape index (κ1) is 16.3. The summed E-state index contributed by atoms with van der Waals surface area (Å²) in [6.07, 6.45) is 6.28. The number of nitrogens with one attached hydrogen (secondary N) is 2. The predicted octanol–water partition coefficient (Wildman–Crippen LogP) is 2.87. The minimum atomic E-state index is -0.294. The number of hydrogen-bond donors (Lipinski definition) is 2. The lowest BCUT2D eigenvalue weighted by Gasteiger charge is -2.18. The number of nitrogens with zero attached hydrogens (tertiary/aromatic N) is 1. The van der Waals surface area contributed by atoms with Gasteiger partial charge in [-0.25, -0.2) is 9.38 Å². The normalized spacial score (nSPS) is 16.6. The van der Waals surface area contributed by atoms with Gasteiger partial charge in [-0.1, -0.05) is 18.2 Å². The van der Waals surface area contributed by atoms with Crippen molar-refractivity contribution in [3.8, 4) is 5.75 Å². The van der Waals surface area contributed by atoms with Crippen molar-refractivity contribution in [1.29, 1.82) is 0 Å². The Morgan fingerprint density at radius 2 is 2.18 bits per heavy atom. The van der Waals surface area contributed by atoms with Gasteiger partial charge in [0.15, 0.2) is 5.96 Å². The smallest absolute Gasteiger partial charge is 0.191 e. The van der Waals surface area contributed by atoms with Crippen LogP contribution < -0.4 is 15.4 Å². The Morgan fingerprint density at radius 1 is 1.41 bits per heavy atom. The van der Waals surface area contributed by atoms with Crippen LogP contribution in [0, 0.1) is 5.82 Å². The standard InChI is InChI=1S/C17H24FN3O/c1-3-19-17(21-15-8-4-5-9-15)20-12-13(2)22-16-10-6-7-14(18)11-16/h4-7,10-11,13,15H,3,8-9,12H2,1-2H3,(H2,19,20,21). The zero-order valence-electron chi connectivity index (χ0n) is 13.2. The molecule has 0 amide bonds. The largest absolute Gasteiger partial charge is 0.489 e. The van der Waals surface area contributed by atoms with Crippen LogP contribution in [-0.4, -0.2) is 31.2 Å². The van der Waals surface area contributed by atoms with E-state index >= 15 is 0 Å². The lowest BCUT2D eigenvalue weighted by molar-refractivity contribution is 0.229. The zero-order valence-corrected chi connectivity index (χ0v) is 13.2. The summed E-state index contributed by atoms with van der Waals surface area (Å²) in [5.41, 5.74) is 0. The zero-order chi connectivity index (χ0) is 15.8. The number of rotatable bonds is 6. The van der Waals surface area contributed by atoms with Crippen molar-refractivity contribution in [3.63, 3.8) is 0 Å². The maximum Gasteiger partial charge on any atom is 0.191 e. The molecule has 5 heteroatoms. The number of halogens is 1. The van der Waals surface area contributed by atoms with Gasteiger partial charge in [0.1, 0.15) is 17.7 Å². The number of ether oxygens (including phenoxy) is 1. The molecule has 0 saturated heterocycles. The third-order valence-corrected chi connectivity index (χ3v) is 3.33. The van der Waals surface area contributed by atoms with Crippen LogP contribution in [0.15, 0.2) is 41.4 Å². The summed E-state index contributed by atoms with van der Waals surface area (Å²) in [6, 6.07) is 6.58. The Labute approximate surface area is 131 Å². The van der Waals surface area contributed by atoms with Crippen LogP contribution in [0.25, 0.3) is 0 Å². The van der Waals surface area contributed by atoms with E-state index < -0.39 is 0 Å². The highest BCUT2D eigenvalue weighted by Gasteiger charge is 2.12. The second-order valence-electron chi connectivity index (χ2n) is 5.39. The minimum absolute atomic E-state index is 0.126. The van der Waals surface area contributed by atoms with E-state index in [0.29, 0.717) is 18.3 Å². The Morgan fingerprint density at radius 3 is 2.86 bits per heavy atom. The molecule has 0 radical (unpaired) electrons. The molecule has 0 aromatic heterocycles. The Hall–Kier alpha value is -2.04. The Bertz CT molecular complexity index is 522. The van der Waals surface area contributed by atoms with Gasteiger partial charge in [0.05, 0.1) is 6.54 Å². The lowest BCUT2D eigenvalue weighted by Crippen LogP contribution is -2.43. The quantitative estimate of drug-likeness (QED) is 0.482. The van der Waals surface area contributed by atoms with Crippen LogP contribution in [-0.2, 0) is 0 Å². The molecule has 2 rings (SSSR count). The van der Waals surface area contributed by atoms with Crippen molar-refractivity contribution < 1.29 is 9.13 Å². The lowest BCUT2D eigenvalue weighted by atomic mass is 10.2. The van der Waals surface area contributed by atoms with Crippen molar-refractivity contribution >= 4 is 5.96 Å². The summed E-state index contributed by atoms with van der Waals surface area (Å²) in [5.74, 6) is 1.03. The number of aliphatic imine (C=N–C) groups is 1. The SMILES string of the molecule is CCNC(=NCC(C)Oc1cccc(F)c1)NC1CC=CC1. The monoisotopic (exact) mass is 305 g/mol. The molecule has 1 unspecified atom stereocenters. The molecule has 22 heavy (non-hydrogen) atoms. The van der Waals surface area contributed by atoms with Crippen LogP contribution in [0.3, 0.4) is 0 Å². The van der Waals surface area contributed by atoms with Crippen molar-refractivity contribution in [1.82, 2.24) is 10.6 Å². The van der Waals surface area contributed by atoms with Gasteiger partial charge in [0, 0.05) is 18.7 Å². The van der Waals surface area contributed by atoms with E-state index in [1.54, 1.807) is 12.1 Å². The molecule has 120 valence electrons. The Kier molecular flexibility index (Phi) is 6.25. The number of benzene rings is 1. The van der Waals surface area contributed by atoms with Gasteiger partial charge in [-0.05, 0) is 38.8 Å². The fourth-order valence-corrected chi connectivity index (χ4v) is 2.28. The number of hydrogen-bond acceptors (Lipinski definition) is 2. The molecule has 4 nitrogen and oxygen atoms in total. The van der Waals surface area contributed by atoms with Gasteiger partial charge in [-0.3, -0.25) is 0 Å². The Balaban J connectivity index is 1.85. The molecule has 0 saturated carbocycles. The van der Waals surface area contributed by atoms with E-state index in [2.05, 4.69) is 27.8 Å². The summed E-state index contributed by atoms with van der Waals surface area (Å²) >= 11 is 0. The summed E-state index contributed by atoms with van der Waals surface area (Å²) in [5, 5.41) is 6.64. The molecule has 1 atom stereocenters. The molecule has 0 aliphatic heterocycles. The predicted molar refractivity (Wildman–Crippen MR) is 87.8 cm³/mol. The molecular weight excluding hydrogens is 281 g/mol. The first-order valence-corrected chi connectivity index (χ1v) is 7.79. The van der Waals surface area contributed by atoms with Crippen LogP contribution in [0.1, 0.15) is 26.7 Å². The van der Waals surface area contributed by atoms with Gasteiger partial charge in [-0.2, -0.15) is 0 Å². The molecule has 1 aliphatic rings. The highest BCUT2D eigenvalue weighted by Crippen LogP contribution is 2.14. The average molecular weight is 305 g/mol. The van der Waals surface area contributed by atoms with Crippen molar-refractivity contribution in [3.05, 3.63) is 42.2 Å². The molecule has 2 N–H and O–H groups in total. The van der Waals surface area contributed by atoms with Crippen LogP contribution >= 0.6 is 0 Å². The summed E-state index contributed by atoms with van der Waals surface area (Å²) < 4.78 is 18.8. The molecule has 1 aromatic carbocycles. The first-order valence-electron chi connectivity index (χ1n) is 7.79. The maximum absolute atomic E-state index is 13.1. The molecular formula is C17H24FN3O. The fourth-order valence-electron chi connectivity index (χ4n) is 2.28. The highest BCUT2D eigenvalue weighted by molar-refractivity contribution is 5.80. The molecule has 0 bridgehead atoms. The number of guanidine groups is 1. The van der Waals surface area contributed by atoms with Gasteiger partial charge >= 0.3 is 0 Å². The van der Waals surface area contributed by atoms with Crippen LogP contribution in [0.5, 0.6) is 5.75 Å². The molecule has 0 heterocycles. The second-order valence-corrected chi connectivity index (χ2v) is 5.39. The van der Waals surface area contributed by atoms with Crippen LogP contribution in [0.4, 0.5) is 4.39 Å². The van der Waals surface area contributed by atoms with Gasteiger partial charge in [-0.15, -0.1) is 0 Å². The van der Waals surface area contributed by atoms with Gasteiger partial charge in [0.25, 0.3) is 0 Å². The first-order chi connectivity index (χ1) is 10.7. The van der Waals surface area contributed by atoms with E-state index in [9.17, 15) is 4.39 Å². The maximum atomic E-state index is 13.1. The van der Waals surface area contributed by atoms with Crippen molar-refractivity contribution in [2.75, 3.05) is 13.1 Å². The van der Waals surface area contributed by atoms with Crippen molar-refractivity contribution in [2.45, 2.75) is 38.8 Å². The van der Waals surface area contributed by atoms with Gasteiger partial charge in [0.2, 0.25) is 0 Å². The third-order valence-electron chi connectivity index (χ3n) is 3.33. The van der Waals surface area contributed by atoms with E-state index in [4.69, 9.17) is 4.74 Å². The highest BCUT2D eigenvalue weighted by atomic mass is 19.1. The van der Waals surface area contributed by atoms with Crippen LogP contribution in [0.2, 0.25) is 0 Å². The molecule has 0 spiro atoms. The molecule has 0 fully saturated rings. The van der Waals surface area contributed by atoms with Crippen molar-refractivity contribution in [2.24, 2.45) is 4.99 Å². The minimum Gasteiger partial charge on any atom is -0.489 e. The van der Waals surface area contributed by atoms with Gasteiger partial charge < -0.3 is 15.4 Å². The summed E-state index contributed by atoms with van der Waals surface area (Å²) in [7, 11) is 0. The van der Waals surface area contributed by atoms with E-state index in [0.717, 1.165) is 25.3 Å². The second kappa shape index (κ2) is 8.41. The molecule has 1 aliphatic carbocycles. The van der Waals surface area contributed by atoms with E-state index in [-0.39, 0.29) is 11.9 Å². The summed E-state index contributed by atoms with van der Waals surface area (Å²) in [4.78, 5) is 4.54. The van der Waals surface area contributed by atoms with E-state index in [1.165, 1.54) is 12.1 Å². The fraction of sp³-hybridized carbons (Fsp3) is 0.471. The topological polar surface area (TPSA) is 45.7 Å². The average Bonchev–Trinajstić information content (AvgIpc) is 2.98. The summed E-state index contributed by atoms with van der Waals surface area (Å²) in [6.45, 7) is 5.28. The molecule has 1 aromatic rings. The van der Waals surface area contributed by atoms with E-state index in [1.807, 2.05) is 13.8 Å². The third kappa shape index (κ3) is 5.39.